The zero-order valence-electron chi connectivity index (χ0n) is 14.2. The average molecular weight is 348 g/mol. The van der Waals surface area contributed by atoms with Crippen LogP contribution in [0.2, 0.25) is 0 Å². The minimum Gasteiger partial charge on any atom is -0.494 e. The number of hydrogen-bond acceptors (Lipinski definition) is 4. The Morgan fingerprint density at radius 3 is 2.38 bits per heavy atom. The predicted molar refractivity (Wildman–Crippen MR) is 97.8 cm³/mol. The molecule has 0 spiro atoms. The summed E-state index contributed by atoms with van der Waals surface area (Å²) in [5.41, 5.74) is 2.76. The van der Waals surface area contributed by atoms with E-state index in [1.54, 1.807) is 12.1 Å². The maximum Gasteiger partial charge on any atom is 0.229 e. The van der Waals surface area contributed by atoms with E-state index in [2.05, 4.69) is 17.0 Å². The molecule has 24 heavy (non-hydrogen) atoms. The van der Waals surface area contributed by atoms with Crippen molar-refractivity contribution in [1.29, 1.82) is 0 Å². The summed E-state index contributed by atoms with van der Waals surface area (Å²) >= 11 is 0. The second kappa shape index (κ2) is 8.17. The van der Waals surface area contributed by atoms with Crippen LogP contribution in [0.3, 0.4) is 0 Å². The van der Waals surface area contributed by atoms with E-state index in [0.29, 0.717) is 18.8 Å². The van der Waals surface area contributed by atoms with Gasteiger partial charge in [-0.2, -0.15) is 0 Å². The van der Waals surface area contributed by atoms with Crippen molar-refractivity contribution in [3.63, 3.8) is 0 Å². The van der Waals surface area contributed by atoms with E-state index < -0.39 is 10.0 Å². The number of benzene rings is 2. The number of nitrogens with one attached hydrogen (secondary N) is 2. The van der Waals surface area contributed by atoms with Crippen LogP contribution in [-0.4, -0.2) is 21.3 Å². The van der Waals surface area contributed by atoms with Crippen molar-refractivity contribution in [1.82, 2.24) is 5.32 Å². The smallest absolute Gasteiger partial charge is 0.229 e. The SMILES string of the molecule is CCOc1ccccc1CN[C@@H](C)c1ccc(NS(C)(=O)=O)cc1. The monoisotopic (exact) mass is 348 g/mol. The standard InChI is InChI=1S/C18H24N2O3S/c1-4-23-18-8-6-5-7-16(18)13-19-14(2)15-9-11-17(12-10-15)20-24(3,21)22/h5-12,14,19-20H,4,13H2,1-3H3/t14-/m0/s1. The Morgan fingerprint density at radius 2 is 1.75 bits per heavy atom. The summed E-state index contributed by atoms with van der Waals surface area (Å²) in [4.78, 5) is 0. The first kappa shape index (κ1) is 18.3. The number of ether oxygens (including phenoxy) is 1. The van der Waals surface area contributed by atoms with Gasteiger partial charge in [-0.3, -0.25) is 4.72 Å². The van der Waals surface area contributed by atoms with Crippen LogP contribution in [0, 0.1) is 0 Å². The highest BCUT2D eigenvalue weighted by atomic mass is 32.2. The summed E-state index contributed by atoms with van der Waals surface area (Å²) < 4.78 is 30.6. The molecule has 5 nitrogen and oxygen atoms in total. The van der Waals surface area contributed by atoms with E-state index in [1.807, 2.05) is 43.3 Å². The minimum absolute atomic E-state index is 0.131. The molecule has 0 radical (unpaired) electrons. The lowest BCUT2D eigenvalue weighted by Crippen LogP contribution is -2.18. The molecule has 6 heteroatoms. The normalized spacial score (nSPS) is 12.6. The van der Waals surface area contributed by atoms with Gasteiger partial charge in [-0.1, -0.05) is 30.3 Å². The highest BCUT2D eigenvalue weighted by Crippen LogP contribution is 2.21. The van der Waals surface area contributed by atoms with E-state index in [4.69, 9.17) is 4.74 Å². The molecule has 0 aromatic heterocycles. The zero-order valence-corrected chi connectivity index (χ0v) is 15.1. The van der Waals surface area contributed by atoms with Crippen LogP contribution in [0.15, 0.2) is 48.5 Å². The van der Waals surface area contributed by atoms with Crippen molar-refractivity contribution in [2.75, 3.05) is 17.6 Å². The number of hydrogen-bond donors (Lipinski definition) is 2. The third kappa shape index (κ3) is 5.54. The van der Waals surface area contributed by atoms with E-state index in [1.165, 1.54) is 0 Å². The summed E-state index contributed by atoms with van der Waals surface area (Å²) in [5, 5.41) is 3.46. The summed E-state index contributed by atoms with van der Waals surface area (Å²) in [5.74, 6) is 0.896. The molecule has 2 N–H and O–H groups in total. The van der Waals surface area contributed by atoms with Gasteiger partial charge in [0.05, 0.1) is 12.9 Å². The van der Waals surface area contributed by atoms with Gasteiger partial charge in [0.25, 0.3) is 0 Å². The van der Waals surface area contributed by atoms with Crippen molar-refractivity contribution >= 4 is 15.7 Å². The van der Waals surface area contributed by atoms with Crippen LogP contribution >= 0.6 is 0 Å². The minimum atomic E-state index is -3.25. The molecule has 0 aliphatic carbocycles. The van der Waals surface area contributed by atoms with Crippen molar-refractivity contribution in [2.24, 2.45) is 0 Å². The molecule has 2 aromatic rings. The Labute approximate surface area is 144 Å². The van der Waals surface area contributed by atoms with Gasteiger partial charge in [-0.15, -0.1) is 0 Å². The molecule has 0 aliphatic rings. The van der Waals surface area contributed by atoms with Gasteiger partial charge in [-0.05, 0) is 37.6 Å². The number of sulfonamides is 1. The van der Waals surface area contributed by atoms with Crippen molar-refractivity contribution in [2.45, 2.75) is 26.4 Å². The van der Waals surface area contributed by atoms with Gasteiger partial charge < -0.3 is 10.1 Å². The number of para-hydroxylation sites is 1. The van der Waals surface area contributed by atoms with Crippen LogP contribution < -0.4 is 14.8 Å². The quantitative estimate of drug-likeness (QED) is 0.768. The van der Waals surface area contributed by atoms with Gasteiger partial charge in [0.1, 0.15) is 5.75 Å². The molecule has 0 heterocycles. The van der Waals surface area contributed by atoms with Crippen LogP contribution in [0.4, 0.5) is 5.69 Å². The van der Waals surface area contributed by atoms with E-state index in [-0.39, 0.29) is 6.04 Å². The third-order valence-electron chi connectivity index (χ3n) is 3.59. The molecular weight excluding hydrogens is 324 g/mol. The Bertz CT molecular complexity index is 758. The molecule has 0 fully saturated rings. The first-order chi connectivity index (χ1) is 11.4. The van der Waals surface area contributed by atoms with Crippen LogP contribution in [0.5, 0.6) is 5.75 Å². The van der Waals surface area contributed by atoms with Gasteiger partial charge in [0.2, 0.25) is 10.0 Å². The maximum absolute atomic E-state index is 11.2. The van der Waals surface area contributed by atoms with E-state index in [0.717, 1.165) is 23.1 Å². The molecule has 2 rings (SSSR count). The third-order valence-corrected chi connectivity index (χ3v) is 4.19. The Morgan fingerprint density at radius 1 is 1.08 bits per heavy atom. The summed E-state index contributed by atoms with van der Waals surface area (Å²) in [7, 11) is -3.25. The lowest BCUT2D eigenvalue weighted by Gasteiger charge is -2.17. The van der Waals surface area contributed by atoms with Gasteiger partial charge in [0, 0.05) is 23.8 Å². The summed E-state index contributed by atoms with van der Waals surface area (Å²) in [6, 6.07) is 15.5. The van der Waals surface area contributed by atoms with Gasteiger partial charge in [0.15, 0.2) is 0 Å². The number of rotatable bonds is 8. The fourth-order valence-corrected chi connectivity index (χ4v) is 2.95. The molecule has 1 atom stereocenters. The topological polar surface area (TPSA) is 67.4 Å². The van der Waals surface area contributed by atoms with Gasteiger partial charge >= 0.3 is 0 Å². The highest BCUT2D eigenvalue weighted by molar-refractivity contribution is 7.92. The van der Waals surface area contributed by atoms with Crippen molar-refractivity contribution < 1.29 is 13.2 Å². The molecule has 130 valence electrons. The fraction of sp³-hybridized carbons (Fsp3) is 0.333. The fourth-order valence-electron chi connectivity index (χ4n) is 2.38. The summed E-state index contributed by atoms with van der Waals surface area (Å²) in [6.07, 6.45) is 1.14. The number of anilines is 1. The molecule has 0 saturated heterocycles. The predicted octanol–water partition coefficient (Wildman–Crippen LogP) is 3.31. The lowest BCUT2D eigenvalue weighted by atomic mass is 10.1. The first-order valence-corrected chi connectivity index (χ1v) is 9.80. The molecule has 0 bridgehead atoms. The summed E-state index contributed by atoms with van der Waals surface area (Å²) in [6.45, 7) is 5.38. The molecule has 0 unspecified atom stereocenters. The molecule has 0 aliphatic heterocycles. The zero-order chi connectivity index (χ0) is 17.6. The van der Waals surface area contributed by atoms with Crippen molar-refractivity contribution in [3.8, 4) is 5.75 Å². The highest BCUT2D eigenvalue weighted by Gasteiger charge is 2.08. The Balaban J connectivity index is 1.99. The van der Waals surface area contributed by atoms with Crippen LogP contribution in [-0.2, 0) is 16.6 Å². The Kier molecular flexibility index (Phi) is 6.23. The van der Waals surface area contributed by atoms with Gasteiger partial charge in [-0.25, -0.2) is 8.42 Å². The van der Waals surface area contributed by atoms with E-state index in [9.17, 15) is 8.42 Å². The molecule has 0 amide bonds. The molecular formula is C18H24N2O3S. The lowest BCUT2D eigenvalue weighted by molar-refractivity contribution is 0.335. The van der Waals surface area contributed by atoms with E-state index >= 15 is 0 Å². The van der Waals surface area contributed by atoms with Crippen LogP contribution in [0.1, 0.15) is 31.0 Å². The van der Waals surface area contributed by atoms with Crippen molar-refractivity contribution in [3.05, 3.63) is 59.7 Å². The molecule has 0 saturated carbocycles. The van der Waals surface area contributed by atoms with Crippen LogP contribution in [0.25, 0.3) is 0 Å². The molecule has 2 aromatic carbocycles. The first-order valence-electron chi connectivity index (χ1n) is 7.91. The second-order valence-electron chi connectivity index (χ2n) is 5.64. The Hall–Kier alpha value is -2.05. The largest absolute Gasteiger partial charge is 0.494 e. The average Bonchev–Trinajstić information content (AvgIpc) is 2.53. The maximum atomic E-state index is 11.2. The second-order valence-corrected chi connectivity index (χ2v) is 7.39.